The Balaban J connectivity index is 2.82. The minimum Gasteiger partial charge on any atom is -0.496 e. The summed E-state index contributed by atoms with van der Waals surface area (Å²) in [6.07, 6.45) is 0.715. The van der Waals surface area contributed by atoms with Crippen molar-refractivity contribution in [3.63, 3.8) is 0 Å². The van der Waals surface area contributed by atoms with Crippen LogP contribution in [-0.4, -0.2) is 31.9 Å². The van der Waals surface area contributed by atoms with Crippen molar-refractivity contribution in [1.82, 2.24) is 5.32 Å². The molecule has 0 aliphatic carbocycles. The number of hydrogen-bond donors (Lipinski definition) is 3. The van der Waals surface area contributed by atoms with E-state index in [0.29, 0.717) is 13.0 Å². The van der Waals surface area contributed by atoms with Crippen LogP contribution in [0.5, 0.6) is 5.75 Å². The van der Waals surface area contributed by atoms with Gasteiger partial charge in [-0.3, -0.25) is 0 Å². The largest absolute Gasteiger partial charge is 0.496 e. The van der Waals surface area contributed by atoms with Gasteiger partial charge in [0.05, 0.1) is 7.11 Å². The van der Waals surface area contributed by atoms with E-state index >= 15 is 0 Å². The molecule has 1 aromatic carbocycles. The number of aliphatic hydroxyl groups is 1. The van der Waals surface area contributed by atoms with Crippen molar-refractivity contribution < 1.29 is 9.84 Å². The molecule has 5 heteroatoms. The van der Waals surface area contributed by atoms with E-state index in [2.05, 4.69) is 21.2 Å². The summed E-state index contributed by atoms with van der Waals surface area (Å²) < 4.78 is 6.32. The molecule has 1 atom stereocenters. The Morgan fingerprint density at radius 2 is 2.29 bits per heavy atom. The van der Waals surface area contributed by atoms with Crippen LogP contribution in [-0.2, 0) is 0 Å². The predicted molar refractivity (Wildman–Crippen MR) is 72.2 cm³/mol. The average molecular weight is 303 g/mol. The Labute approximate surface area is 110 Å². The van der Waals surface area contributed by atoms with Gasteiger partial charge in [0.15, 0.2) is 0 Å². The van der Waals surface area contributed by atoms with Gasteiger partial charge >= 0.3 is 0 Å². The first-order valence-electron chi connectivity index (χ1n) is 5.60. The molecule has 0 saturated carbocycles. The predicted octanol–water partition coefficient (Wildman–Crippen LogP) is 1.43. The maximum absolute atomic E-state index is 8.76. The lowest BCUT2D eigenvalue weighted by Crippen LogP contribution is -2.29. The molecule has 0 aliphatic rings. The van der Waals surface area contributed by atoms with Crippen LogP contribution in [0.3, 0.4) is 0 Å². The molecule has 0 bridgehead atoms. The van der Waals surface area contributed by atoms with Crippen LogP contribution < -0.4 is 15.8 Å². The molecular formula is C12H19BrN2O2. The minimum atomic E-state index is 0.0361. The van der Waals surface area contributed by atoms with E-state index in [4.69, 9.17) is 15.6 Å². The van der Waals surface area contributed by atoms with Crippen molar-refractivity contribution in [3.05, 3.63) is 28.2 Å². The Morgan fingerprint density at radius 3 is 2.88 bits per heavy atom. The fourth-order valence-electron chi connectivity index (χ4n) is 1.65. The molecule has 1 aromatic rings. The third-order valence-electron chi connectivity index (χ3n) is 2.53. The third-order valence-corrected chi connectivity index (χ3v) is 3.02. The molecule has 0 spiro atoms. The van der Waals surface area contributed by atoms with Crippen molar-refractivity contribution in [3.8, 4) is 5.75 Å². The highest BCUT2D eigenvalue weighted by atomic mass is 79.9. The first-order chi connectivity index (χ1) is 8.22. The molecule has 17 heavy (non-hydrogen) atoms. The molecule has 96 valence electrons. The first kappa shape index (κ1) is 14.4. The number of nitrogens with one attached hydrogen (secondary N) is 1. The van der Waals surface area contributed by atoms with Crippen LogP contribution in [0.2, 0.25) is 0 Å². The Bertz CT molecular complexity index is 347. The zero-order valence-corrected chi connectivity index (χ0v) is 11.5. The quantitative estimate of drug-likeness (QED) is 0.667. The Kier molecular flexibility index (Phi) is 6.50. The van der Waals surface area contributed by atoms with Crippen LogP contribution in [0.25, 0.3) is 0 Å². The van der Waals surface area contributed by atoms with Gasteiger partial charge in [0.1, 0.15) is 5.75 Å². The smallest absolute Gasteiger partial charge is 0.123 e. The molecular weight excluding hydrogens is 284 g/mol. The van der Waals surface area contributed by atoms with Gasteiger partial charge in [0, 0.05) is 29.2 Å². The lowest BCUT2D eigenvalue weighted by atomic mass is 10.1. The second-order valence-electron chi connectivity index (χ2n) is 3.71. The zero-order chi connectivity index (χ0) is 12.7. The molecule has 0 aromatic heterocycles. The van der Waals surface area contributed by atoms with Gasteiger partial charge in [0.25, 0.3) is 0 Å². The summed E-state index contributed by atoms with van der Waals surface area (Å²) in [7, 11) is 1.65. The average Bonchev–Trinajstić information content (AvgIpc) is 2.35. The highest BCUT2D eigenvalue weighted by Crippen LogP contribution is 2.28. The Morgan fingerprint density at radius 1 is 1.53 bits per heavy atom. The summed E-state index contributed by atoms with van der Waals surface area (Å²) in [5.74, 6) is 0.820. The van der Waals surface area contributed by atoms with Crippen molar-refractivity contribution in [2.45, 2.75) is 12.5 Å². The highest BCUT2D eigenvalue weighted by molar-refractivity contribution is 9.10. The van der Waals surface area contributed by atoms with Gasteiger partial charge < -0.3 is 20.9 Å². The lowest BCUT2D eigenvalue weighted by molar-refractivity contribution is 0.283. The third kappa shape index (κ3) is 4.27. The van der Waals surface area contributed by atoms with Crippen molar-refractivity contribution in [1.29, 1.82) is 0 Å². The monoisotopic (exact) mass is 302 g/mol. The van der Waals surface area contributed by atoms with Gasteiger partial charge in [-0.2, -0.15) is 0 Å². The van der Waals surface area contributed by atoms with Gasteiger partial charge in [-0.1, -0.05) is 15.9 Å². The second-order valence-corrected chi connectivity index (χ2v) is 4.62. The molecule has 0 heterocycles. The number of methoxy groups -OCH3 is 1. The Hall–Kier alpha value is -0.620. The minimum absolute atomic E-state index is 0.0361. The molecule has 0 fully saturated rings. The molecule has 0 amide bonds. The topological polar surface area (TPSA) is 67.5 Å². The molecule has 0 saturated heterocycles. The maximum atomic E-state index is 8.76. The highest BCUT2D eigenvalue weighted by Gasteiger charge is 2.14. The molecule has 1 rings (SSSR count). The summed E-state index contributed by atoms with van der Waals surface area (Å²) >= 11 is 3.44. The number of ether oxygens (including phenoxy) is 1. The lowest BCUT2D eigenvalue weighted by Gasteiger charge is -2.20. The van der Waals surface area contributed by atoms with Crippen LogP contribution in [0, 0.1) is 0 Å². The zero-order valence-electron chi connectivity index (χ0n) is 9.95. The number of rotatable bonds is 7. The maximum Gasteiger partial charge on any atom is 0.123 e. The summed E-state index contributed by atoms with van der Waals surface area (Å²) in [6.45, 7) is 1.40. The molecule has 0 radical (unpaired) electrons. The van der Waals surface area contributed by atoms with Gasteiger partial charge in [-0.25, -0.2) is 0 Å². The molecule has 4 nitrogen and oxygen atoms in total. The van der Waals surface area contributed by atoms with E-state index in [-0.39, 0.29) is 12.6 Å². The van der Waals surface area contributed by atoms with Crippen LogP contribution >= 0.6 is 15.9 Å². The van der Waals surface area contributed by atoms with Crippen molar-refractivity contribution >= 4 is 15.9 Å². The summed E-state index contributed by atoms with van der Waals surface area (Å²) in [5, 5.41) is 12.1. The van der Waals surface area contributed by atoms with E-state index in [9.17, 15) is 0 Å². The summed E-state index contributed by atoms with van der Waals surface area (Å²) in [5.41, 5.74) is 6.79. The van der Waals surface area contributed by atoms with Gasteiger partial charge in [-0.15, -0.1) is 0 Å². The van der Waals surface area contributed by atoms with Crippen molar-refractivity contribution in [2.75, 3.05) is 26.8 Å². The standard InChI is InChI=1S/C12H19BrN2O2/c1-17-12-4-3-9(13)7-10(12)11(8-14)15-5-2-6-16/h3-4,7,11,15-16H,2,5-6,8,14H2,1H3. The fourth-order valence-corrected chi connectivity index (χ4v) is 2.03. The van der Waals surface area contributed by atoms with E-state index in [1.807, 2.05) is 18.2 Å². The summed E-state index contributed by atoms with van der Waals surface area (Å²) in [4.78, 5) is 0. The number of nitrogens with two attached hydrogens (primary N) is 1. The van der Waals surface area contributed by atoms with Crippen molar-refractivity contribution in [2.24, 2.45) is 5.73 Å². The van der Waals surface area contributed by atoms with E-state index in [1.54, 1.807) is 7.11 Å². The van der Waals surface area contributed by atoms with Gasteiger partial charge in [0.2, 0.25) is 0 Å². The van der Waals surface area contributed by atoms with E-state index in [0.717, 1.165) is 22.3 Å². The number of hydrogen-bond acceptors (Lipinski definition) is 4. The number of halogens is 1. The molecule has 4 N–H and O–H groups in total. The number of aliphatic hydroxyl groups excluding tert-OH is 1. The normalized spacial score (nSPS) is 12.5. The SMILES string of the molecule is COc1ccc(Br)cc1C(CN)NCCCO. The van der Waals surface area contributed by atoms with Crippen LogP contribution in [0.4, 0.5) is 0 Å². The molecule has 1 unspecified atom stereocenters. The summed E-state index contributed by atoms with van der Waals surface area (Å²) in [6, 6.07) is 5.89. The van der Waals surface area contributed by atoms with E-state index < -0.39 is 0 Å². The van der Waals surface area contributed by atoms with Crippen LogP contribution in [0.1, 0.15) is 18.0 Å². The fraction of sp³-hybridized carbons (Fsp3) is 0.500. The second kappa shape index (κ2) is 7.66. The molecule has 0 aliphatic heterocycles. The first-order valence-corrected chi connectivity index (χ1v) is 6.40. The van der Waals surface area contributed by atoms with Crippen LogP contribution in [0.15, 0.2) is 22.7 Å². The van der Waals surface area contributed by atoms with E-state index in [1.165, 1.54) is 0 Å². The van der Waals surface area contributed by atoms with Gasteiger partial charge in [-0.05, 0) is 31.2 Å². The number of benzene rings is 1.